The quantitative estimate of drug-likeness (QED) is 0.709. The summed E-state index contributed by atoms with van der Waals surface area (Å²) in [6, 6.07) is 3.71. The van der Waals surface area contributed by atoms with Crippen LogP contribution >= 0.6 is 0 Å². The lowest BCUT2D eigenvalue weighted by Gasteiger charge is -2.02. The molecule has 0 spiro atoms. The molecule has 0 aliphatic heterocycles. The van der Waals surface area contributed by atoms with Crippen molar-refractivity contribution in [2.75, 3.05) is 19.0 Å². The highest BCUT2D eigenvalue weighted by atomic mass is 16.5. The molecule has 1 aromatic heterocycles. The Bertz CT molecular complexity index is 308. The summed E-state index contributed by atoms with van der Waals surface area (Å²) in [5, 5.41) is 3.11. The number of pyridine rings is 1. The van der Waals surface area contributed by atoms with Crippen molar-refractivity contribution >= 4 is 5.69 Å². The molecule has 0 saturated carbocycles. The van der Waals surface area contributed by atoms with Crippen LogP contribution in [0.15, 0.2) is 18.3 Å². The zero-order valence-electron chi connectivity index (χ0n) is 7.79. The molecule has 0 unspecified atom stereocenters. The normalized spacial score (nSPS) is 8.46. The Morgan fingerprint density at radius 3 is 2.92 bits per heavy atom. The van der Waals surface area contributed by atoms with Crippen LogP contribution in [-0.4, -0.2) is 18.6 Å². The topological polar surface area (TPSA) is 34.1 Å². The molecule has 0 fully saturated rings. The molecule has 3 heteroatoms. The van der Waals surface area contributed by atoms with Crippen LogP contribution < -0.4 is 10.1 Å². The number of nitrogens with zero attached hydrogens (tertiary/aromatic N) is 1. The van der Waals surface area contributed by atoms with Crippen molar-refractivity contribution in [3.05, 3.63) is 18.3 Å². The van der Waals surface area contributed by atoms with E-state index in [1.165, 1.54) is 0 Å². The van der Waals surface area contributed by atoms with E-state index >= 15 is 0 Å². The van der Waals surface area contributed by atoms with Crippen molar-refractivity contribution < 1.29 is 4.74 Å². The number of anilines is 1. The molecule has 1 N–H and O–H groups in total. The molecule has 0 atom stereocenters. The van der Waals surface area contributed by atoms with E-state index in [9.17, 15) is 0 Å². The molecule has 0 amide bonds. The van der Waals surface area contributed by atoms with Crippen molar-refractivity contribution in [2.45, 2.75) is 6.92 Å². The molecule has 3 nitrogen and oxygen atoms in total. The molecule has 0 aliphatic rings. The molecule has 0 bridgehead atoms. The Morgan fingerprint density at radius 2 is 2.38 bits per heavy atom. The van der Waals surface area contributed by atoms with Crippen LogP contribution in [0.2, 0.25) is 0 Å². The summed E-state index contributed by atoms with van der Waals surface area (Å²) in [4.78, 5) is 4.04. The van der Waals surface area contributed by atoms with E-state index in [-0.39, 0.29) is 0 Å². The minimum absolute atomic E-state index is 0.618. The molecule has 13 heavy (non-hydrogen) atoms. The monoisotopic (exact) mass is 176 g/mol. The molecular weight excluding hydrogens is 164 g/mol. The highest BCUT2D eigenvalue weighted by molar-refractivity contribution is 5.43. The minimum Gasteiger partial charge on any atom is -0.481 e. The van der Waals surface area contributed by atoms with Crippen LogP contribution in [0, 0.1) is 11.8 Å². The van der Waals surface area contributed by atoms with Crippen LogP contribution in [-0.2, 0) is 0 Å². The first kappa shape index (κ1) is 9.40. The van der Waals surface area contributed by atoms with Gasteiger partial charge < -0.3 is 10.1 Å². The van der Waals surface area contributed by atoms with Gasteiger partial charge in [-0.25, -0.2) is 4.98 Å². The third kappa shape index (κ3) is 3.04. The fourth-order valence-corrected chi connectivity index (χ4v) is 0.840. The van der Waals surface area contributed by atoms with Gasteiger partial charge in [0.15, 0.2) is 0 Å². The predicted molar refractivity (Wildman–Crippen MR) is 52.7 cm³/mol. The van der Waals surface area contributed by atoms with Gasteiger partial charge in [0.25, 0.3) is 0 Å². The van der Waals surface area contributed by atoms with Gasteiger partial charge in [0.05, 0.1) is 25.5 Å². The van der Waals surface area contributed by atoms with Gasteiger partial charge in [0, 0.05) is 6.07 Å². The summed E-state index contributed by atoms with van der Waals surface area (Å²) in [5.74, 6) is 6.33. The standard InChI is InChI=1S/C10H12N2O/c1-3-4-7-11-9-5-6-10(13-2)12-8-9/h5-6,8,11H,7H2,1-2H3. The maximum absolute atomic E-state index is 4.93. The largest absolute Gasteiger partial charge is 0.481 e. The molecule has 0 radical (unpaired) electrons. The zero-order chi connectivity index (χ0) is 9.52. The highest BCUT2D eigenvalue weighted by Gasteiger charge is 1.92. The summed E-state index contributed by atoms with van der Waals surface area (Å²) < 4.78 is 4.93. The predicted octanol–water partition coefficient (Wildman–Crippen LogP) is 1.53. The Kier molecular flexibility index (Phi) is 3.65. The van der Waals surface area contributed by atoms with E-state index in [2.05, 4.69) is 22.1 Å². The number of hydrogen-bond donors (Lipinski definition) is 1. The Balaban J connectivity index is 2.52. The lowest BCUT2D eigenvalue weighted by Crippen LogP contribution is -1.99. The van der Waals surface area contributed by atoms with E-state index in [0.717, 1.165) is 5.69 Å². The number of hydrogen-bond acceptors (Lipinski definition) is 3. The average molecular weight is 176 g/mol. The van der Waals surface area contributed by atoms with Crippen LogP contribution in [0.5, 0.6) is 5.88 Å². The van der Waals surface area contributed by atoms with Crippen LogP contribution in [0.25, 0.3) is 0 Å². The molecule has 1 heterocycles. The van der Waals surface area contributed by atoms with Crippen molar-refractivity contribution in [3.63, 3.8) is 0 Å². The molecular formula is C10H12N2O. The minimum atomic E-state index is 0.618. The maximum Gasteiger partial charge on any atom is 0.213 e. The summed E-state index contributed by atoms with van der Waals surface area (Å²) in [6.45, 7) is 2.46. The SMILES string of the molecule is CC#CCNc1ccc(OC)nc1. The van der Waals surface area contributed by atoms with Crippen molar-refractivity contribution in [1.29, 1.82) is 0 Å². The van der Waals surface area contributed by atoms with Gasteiger partial charge in [-0.1, -0.05) is 5.92 Å². The van der Waals surface area contributed by atoms with Gasteiger partial charge in [-0.05, 0) is 13.0 Å². The molecule has 0 saturated heterocycles. The van der Waals surface area contributed by atoms with E-state index in [1.54, 1.807) is 13.3 Å². The molecule has 1 aromatic rings. The summed E-state index contributed by atoms with van der Waals surface area (Å²) in [5.41, 5.74) is 0.948. The molecule has 0 aliphatic carbocycles. The maximum atomic E-state index is 4.93. The summed E-state index contributed by atoms with van der Waals surface area (Å²) >= 11 is 0. The van der Waals surface area contributed by atoms with Gasteiger partial charge in [0.1, 0.15) is 0 Å². The fraction of sp³-hybridized carbons (Fsp3) is 0.300. The highest BCUT2D eigenvalue weighted by Crippen LogP contribution is 2.09. The smallest absolute Gasteiger partial charge is 0.213 e. The van der Waals surface area contributed by atoms with Crippen LogP contribution in [0.1, 0.15) is 6.92 Å². The Labute approximate surface area is 78.1 Å². The van der Waals surface area contributed by atoms with Crippen LogP contribution in [0.3, 0.4) is 0 Å². The van der Waals surface area contributed by atoms with Crippen molar-refractivity contribution in [2.24, 2.45) is 0 Å². The summed E-state index contributed by atoms with van der Waals surface area (Å²) in [7, 11) is 1.60. The summed E-state index contributed by atoms with van der Waals surface area (Å²) in [6.07, 6.45) is 1.72. The fourth-order valence-electron chi connectivity index (χ4n) is 0.840. The van der Waals surface area contributed by atoms with Gasteiger partial charge in [-0.2, -0.15) is 0 Å². The van der Waals surface area contributed by atoms with Crippen molar-refractivity contribution in [1.82, 2.24) is 4.98 Å². The Morgan fingerprint density at radius 1 is 1.54 bits per heavy atom. The van der Waals surface area contributed by atoms with E-state index in [1.807, 2.05) is 19.1 Å². The first-order valence-electron chi connectivity index (χ1n) is 4.00. The van der Waals surface area contributed by atoms with E-state index < -0.39 is 0 Å². The number of methoxy groups -OCH3 is 1. The third-order valence-electron chi connectivity index (χ3n) is 1.50. The third-order valence-corrected chi connectivity index (χ3v) is 1.50. The average Bonchev–Trinajstić information content (AvgIpc) is 2.19. The molecule has 0 aromatic carbocycles. The van der Waals surface area contributed by atoms with E-state index in [0.29, 0.717) is 12.4 Å². The second kappa shape index (κ2) is 5.04. The molecule has 68 valence electrons. The van der Waals surface area contributed by atoms with Crippen LogP contribution in [0.4, 0.5) is 5.69 Å². The zero-order valence-corrected chi connectivity index (χ0v) is 7.79. The first-order chi connectivity index (χ1) is 6.36. The number of rotatable bonds is 3. The second-order valence-electron chi connectivity index (χ2n) is 2.37. The van der Waals surface area contributed by atoms with Gasteiger partial charge >= 0.3 is 0 Å². The second-order valence-corrected chi connectivity index (χ2v) is 2.37. The number of nitrogens with one attached hydrogen (secondary N) is 1. The van der Waals surface area contributed by atoms with E-state index in [4.69, 9.17) is 4.74 Å². The number of aromatic nitrogens is 1. The first-order valence-corrected chi connectivity index (χ1v) is 4.00. The van der Waals surface area contributed by atoms with Gasteiger partial charge in [0.2, 0.25) is 5.88 Å². The number of ether oxygens (including phenoxy) is 1. The van der Waals surface area contributed by atoms with Crippen molar-refractivity contribution in [3.8, 4) is 17.7 Å². The van der Waals surface area contributed by atoms with Gasteiger partial charge in [-0.15, -0.1) is 5.92 Å². The Hall–Kier alpha value is -1.69. The lowest BCUT2D eigenvalue weighted by atomic mass is 10.4. The lowest BCUT2D eigenvalue weighted by molar-refractivity contribution is 0.398. The molecule has 1 rings (SSSR count). The van der Waals surface area contributed by atoms with Gasteiger partial charge in [-0.3, -0.25) is 0 Å².